The van der Waals surface area contributed by atoms with Gasteiger partial charge in [0, 0.05) is 36.1 Å². The molecule has 1 saturated heterocycles. The van der Waals surface area contributed by atoms with Gasteiger partial charge >= 0.3 is 0 Å². The molecule has 0 aromatic heterocycles. The molecule has 30 heavy (non-hydrogen) atoms. The van der Waals surface area contributed by atoms with E-state index in [9.17, 15) is 9.59 Å². The van der Waals surface area contributed by atoms with Crippen LogP contribution in [0.25, 0.3) is 0 Å². The van der Waals surface area contributed by atoms with E-state index in [1.54, 1.807) is 13.1 Å². The van der Waals surface area contributed by atoms with Crippen molar-refractivity contribution in [2.24, 2.45) is 11.8 Å². The molecule has 3 aliphatic rings. The van der Waals surface area contributed by atoms with Crippen LogP contribution in [0.5, 0.6) is 5.75 Å². The van der Waals surface area contributed by atoms with Crippen molar-refractivity contribution in [1.29, 1.82) is 0 Å². The van der Waals surface area contributed by atoms with Crippen molar-refractivity contribution in [3.8, 4) is 5.75 Å². The minimum Gasteiger partial charge on any atom is -0.491 e. The zero-order chi connectivity index (χ0) is 20.9. The second kappa shape index (κ2) is 7.13. The molecule has 0 spiro atoms. The summed E-state index contributed by atoms with van der Waals surface area (Å²) in [7, 11) is 1.59. The number of ether oxygens (including phenoxy) is 2. The number of amides is 2. The van der Waals surface area contributed by atoms with E-state index >= 15 is 0 Å². The van der Waals surface area contributed by atoms with E-state index in [-0.39, 0.29) is 23.3 Å². The lowest BCUT2D eigenvalue weighted by Crippen LogP contribution is -2.31. The maximum atomic E-state index is 13.1. The van der Waals surface area contributed by atoms with E-state index in [1.165, 1.54) is 0 Å². The fourth-order valence-corrected chi connectivity index (χ4v) is 5.03. The minimum absolute atomic E-state index is 0.146. The first-order chi connectivity index (χ1) is 14.6. The summed E-state index contributed by atoms with van der Waals surface area (Å²) < 4.78 is 11.5. The number of nitrogens with one attached hydrogen (secondary N) is 2. The fourth-order valence-electron chi connectivity index (χ4n) is 5.03. The van der Waals surface area contributed by atoms with Crippen LogP contribution in [0, 0.1) is 11.8 Å². The maximum absolute atomic E-state index is 13.1. The Hall–Kier alpha value is -2.86. The van der Waals surface area contributed by atoms with E-state index in [0.717, 1.165) is 17.5 Å². The third kappa shape index (κ3) is 2.82. The highest BCUT2D eigenvalue weighted by Crippen LogP contribution is 2.48. The second-order valence-electron chi connectivity index (χ2n) is 8.43. The SMILES string of the molecule is CC[C@@]1(c2ccccc2)COc2c(C(=O)NC)cc(C(=O)N[C@H]3[C@@H]4COC[C@@H]43)cc21. The van der Waals surface area contributed by atoms with Crippen LogP contribution in [0.1, 0.15) is 45.2 Å². The summed E-state index contributed by atoms with van der Waals surface area (Å²) in [5.41, 5.74) is 2.55. The molecule has 2 fully saturated rings. The van der Waals surface area contributed by atoms with Gasteiger partial charge in [-0.25, -0.2) is 0 Å². The van der Waals surface area contributed by atoms with Gasteiger partial charge in [0.2, 0.25) is 0 Å². The topological polar surface area (TPSA) is 76.7 Å². The van der Waals surface area contributed by atoms with Crippen LogP contribution in [-0.2, 0) is 10.2 Å². The molecule has 2 aromatic carbocycles. The smallest absolute Gasteiger partial charge is 0.254 e. The van der Waals surface area contributed by atoms with Gasteiger partial charge < -0.3 is 20.1 Å². The van der Waals surface area contributed by atoms with E-state index in [0.29, 0.717) is 48.5 Å². The molecule has 2 aliphatic heterocycles. The largest absolute Gasteiger partial charge is 0.491 e. The molecule has 0 unspecified atom stereocenters. The number of benzene rings is 2. The van der Waals surface area contributed by atoms with Gasteiger partial charge in [0.1, 0.15) is 12.4 Å². The van der Waals surface area contributed by atoms with Crippen molar-refractivity contribution in [2.45, 2.75) is 24.8 Å². The van der Waals surface area contributed by atoms with Crippen LogP contribution >= 0.6 is 0 Å². The summed E-state index contributed by atoms with van der Waals surface area (Å²) in [6, 6.07) is 13.9. The molecule has 4 atom stereocenters. The minimum atomic E-state index is -0.389. The van der Waals surface area contributed by atoms with Gasteiger partial charge in [-0.05, 0) is 24.1 Å². The molecule has 5 rings (SSSR count). The molecule has 156 valence electrons. The Morgan fingerprint density at radius 3 is 2.50 bits per heavy atom. The Morgan fingerprint density at radius 1 is 1.10 bits per heavy atom. The van der Waals surface area contributed by atoms with Crippen molar-refractivity contribution in [3.63, 3.8) is 0 Å². The lowest BCUT2D eigenvalue weighted by molar-refractivity contribution is 0.0928. The van der Waals surface area contributed by atoms with Crippen molar-refractivity contribution in [1.82, 2.24) is 10.6 Å². The number of carbonyl (C=O) groups is 2. The lowest BCUT2D eigenvalue weighted by atomic mass is 9.73. The molecule has 0 bridgehead atoms. The molecule has 1 saturated carbocycles. The number of hydrogen-bond donors (Lipinski definition) is 2. The molecule has 6 heteroatoms. The first kappa shape index (κ1) is 19.1. The van der Waals surface area contributed by atoms with Crippen LogP contribution in [0.2, 0.25) is 0 Å². The Morgan fingerprint density at radius 2 is 1.83 bits per heavy atom. The standard InChI is InChI=1S/C24H26N2O4/c1-3-24(15-7-5-4-6-8-15)13-30-21-16(23(28)25-2)9-14(10-19(21)24)22(27)26-20-17-11-29-12-18(17)20/h4-10,17-18,20H,3,11-13H2,1-2H3,(H,25,28)(H,26,27)/t17-,18+,20+,24-/m0/s1. The highest BCUT2D eigenvalue weighted by Gasteiger charge is 2.55. The number of carbonyl (C=O) groups excluding carboxylic acids is 2. The normalized spacial score (nSPS) is 28.3. The molecule has 6 nitrogen and oxygen atoms in total. The Bertz CT molecular complexity index is 996. The highest BCUT2D eigenvalue weighted by atomic mass is 16.5. The third-order valence-electron chi connectivity index (χ3n) is 6.98. The lowest BCUT2D eigenvalue weighted by Gasteiger charge is -2.27. The quantitative estimate of drug-likeness (QED) is 0.800. The fraction of sp³-hybridized carbons (Fsp3) is 0.417. The monoisotopic (exact) mass is 406 g/mol. The molecule has 2 amide bonds. The number of fused-ring (bicyclic) bond motifs is 2. The molecule has 1 aliphatic carbocycles. The Labute approximate surface area is 176 Å². The summed E-state index contributed by atoms with van der Waals surface area (Å²) in [4.78, 5) is 25.7. The Balaban J connectivity index is 1.57. The van der Waals surface area contributed by atoms with Gasteiger partial charge in [0.15, 0.2) is 0 Å². The average Bonchev–Trinajstić information content (AvgIpc) is 3.14. The average molecular weight is 406 g/mol. The molecular formula is C24H26N2O4. The van der Waals surface area contributed by atoms with E-state index in [2.05, 4.69) is 29.7 Å². The van der Waals surface area contributed by atoms with Gasteiger partial charge in [-0.15, -0.1) is 0 Å². The predicted octanol–water partition coefficient (Wildman–Crippen LogP) is 2.51. The zero-order valence-electron chi connectivity index (χ0n) is 17.2. The van der Waals surface area contributed by atoms with Gasteiger partial charge in [0.05, 0.1) is 24.2 Å². The molecule has 2 N–H and O–H groups in total. The molecule has 2 heterocycles. The van der Waals surface area contributed by atoms with Gasteiger partial charge in [-0.2, -0.15) is 0 Å². The maximum Gasteiger partial charge on any atom is 0.254 e. The van der Waals surface area contributed by atoms with Gasteiger partial charge in [-0.1, -0.05) is 37.3 Å². The first-order valence-corrected chi connectivity index (χ1v) is 10.6. The van der Waals surface area contributed by atoms with Crippen molar-refractivity contribution in [2.75, 3.05) is 26.9 Å². The van der Waals surface area contributed by atoms with E-state index < -0.39 is 0 Å². The van der Waals surface area contributed by atoms with Crippen molar-refractivity contribution >= 4 is 11.8 Å². The first-order valence-electron chi connectivity index (χ1n) is 10.6. The van der Waals surface area contributed by atoms with Crippen molar-refractivity contribution in [3.05, 3.63) is 64.7 Å². The van der Waals surface area contributed by atoms with Gasteiger partial charge in [0.25, 0.3) is 11.8 Å². The van der Waals surface area contributed by atoms with Crippen LogP contribution < -0.4 is 15.4 Å². The highest BCUT2D eigenvalue weighted by molar-refractivity contribution is 6.02. The molecule has 2 aromatic rings. The third-order valence-corrected chi connectivity index (χ3v) is 6.98. The molecular weight excluding hydrogens is 380 g/mol. The van der Waals surface area contributed by atoms with Crippen LogP contribution in [-0.4, -0.2) is 44.7 Å². The van der Waals surface area contributed by atoms with E-state index in [4.69, 9.17) is 9.47 Å². The summed E-state index contributed by atoms with van der Waals surface area (Å²) in [6.45, 7) is 3.99. The van der Waals surface area contributed by atoms with Crippen molar-refractivity contribution < 1.29 is 19.1 Å². The van der Waals surface area contributed by atoms with Crippen LogP contribution in [0.4, 0.5) is 0 Å². The zero-order valence-corrected chi connectivity index (χ0v) is 17.2. The second-order valence-corrected chi connectivity index (χ2v) is 8.43. The summed E-state index contributed by atoms with van der Waals surface area (Å²) in [5.74, 6) is 1.02. The molecule has 0 radical (unpaired) electrons. The van der Waals surface area contributed by atoms with E-state index in [1.807, 2.05) is 24.3 Å². The Kier molecular flexibility index (Phi) is 4.54. The summed E-state index contributed by atoms with van der Waals surface area (Å²) >= 11 is 0. The number of rotatable bonds is 5. The summed E-state index contributed by atoms with van der Waals surface area (Å²) in [6.07, 6.45) is 0.798. The summed E-state index contributed by atoms with van der Waals surface area (Å²) in [5, 5.41) is 5.82. The van der Waals surface area contributed by atoms with Gasteiger partial charge in [-0.3, -0.25) is 9.59 Å². The number of hydrogen-bond acceptors (Lipinski definition) is 4. The van der Waals surface area contributed by atoms with Crippen LogP contribution in [0.3, 0.4) is 0 Å². The predicted molar refractivity (Wildman–Crippen MR) is 112 cm³/mol. The van der Waals surface area contributed by atoms with Crippen LogP contribution in [0.15, 0.2) is 42.5 Å².